The molecule has 2 aromatic carbocycles. The van der Waals surface area contributed by atoms with Crippen molar-refractivity contribution in [1.29, 1.82) is 0 Å². The Kier molecular flexibility index (Phi) is 5.88. The van der Waals surface area contributed by atoms with E-state index in [1.807, 2.05) is 0 Å². The van der Waals surface area contributed by atoms with Gasteiger partial charge in [0.2, 0.25) is 0 Å². The molecule has 0 aliphatic carbocycles. The number of carbonyl (C=O) groups is 1. The van der Waals surface area contributed by atoms with Crippen LogP contribution in [0, 0.1) is 0 Å². The fourth-order valence-corrected chi connectivity index (χ4v) is 2.92. The van der Waals surface area contributed by atoms with Gasteiger partial charge in [-0.05, 0) is 18.6 Å². The number of aliphatic hydroxyl groups excluding tert-OH is 1. The summed E-state index contributed by atoms with van der Waals surface area (Å²) >= 11 is 6.27. The lowest BCUT2D eigenvalue weighted by molar-refractivity contribution is 0.0511. The third-order valence-electron chi connectivity index (χ3n) is 3.60. The average molecular weight is 355 g/mol. The first-order chi connectivity index (χ1) is 11.5. The number of Topliss-reactive ketones (excluding diaryl/α,β-unsaturated/α-hetero) is 1. The fourth-order valence-electron chi connectivity index (χ4n) is 2.65. The van der Waals surface area contributed by atoms with E-state index in [1.54, 1.807) is 12.1 Å². The normalized spacial score (nSPS) is 10.8. The van der Waals surface area contributed by atoms with E-state index in [9.17, 15) is 9.90 Å². The summed E-state index contributed by atoms with van der Waals surface area (Å²) in [7, 11) is 4.45. The molecule has 0 saturated carbocycles. The summed E-state index contributed by atoms with van der Waals surface area (Å²) in [5.74, 6) is 0.810. The third kappa shape index (κ3) is 3.13. The summed E-state index contributed by atoms with van der Waals surface area (Å²) in [5, 5.41) is 11.1. The van der Waals surface area contributed by atoms with Crippen molar-refractivity contribution in [2.24, 2.45) is 0 Å². The summed E-state index contributed by atoms with van der Waals surface area (Å²) in [6.45, 7) is 0.985. The molecule has 0 spiro atoms. The largest absolute Gasteiger partial charge is 0.496 e. The molecule has 2 aromatic rings. The number of hydrogen-bond acceptors (Lipinski definition) is 6. The molecule has 6 nitrogen and oxygen atoms in total. The monoisotopic (exact) mass is 354 g/mol. The molecule has 130 valence electrons. The Morgan fingerprint density at radius 2 is 1.88 bits per heavy atom. The maximum absolute atomic E-state index is 12.2. The second kappa shape index (κ2) is 7.70. The quantitative estimate of drug-likeness (QED) is 0.608. The predicted octanol–water partition coefficient (Wildman–Crippen LogP) is 3.19. The number of methoxy groups -OCH3 is 3. The first-order valence-corrected chi connectivity index (χ1v) is 7.51. The molecule has 0 saturated heterocycles. The van der Waals surface area contributed by atoms with E-state index >= 15 is 0 Å². The van der Waals surface area contributed by atoms with Crippen molar-refractivity contribution in [3.05, 3.63) is 28.3 Å². The number of halogens is 1. The second-order valence-corrected chi connectivity index (χ2v) is 5.43. The lowest BCUT2D eigenvalue weighted by Gasteiger charge is -2.19. The topological polar surface area (TPSA) is 74.2 Å². The number of carbonyl (C=O) groups excluding carboxylic acids is 1. The standard InChI is InChI=1S/C17H19ClO6/c1-9(20)14-10(7-19)5-11-13(22-3)6-12(18)16(23-4)15(11)17(14)24-8-21-2/h5-6,19H,7-8H2,1-4H3. The van der Waals surface area contributed by atoms with Gasteiger partial charge < -0.3 is 24.1 Å². The van der Waals surface area contributed by atoms with Crippen LogP contribution >= 0.6 is 11.6 Å². The number of aliphatic hydroxyl groups is 1. The highest BCUT2D eigenvalue weighted by Gasteiger charge is 2.24. The zero-order valence-electron chi connectivity index (χ0n) is 13.9. The zero-order chi connectivity index (χ0) is 17.9. The molecule has 2 rings (SSSR count). The maximum atomic E-state index is 12.2. The smallest absolute Gasteiger partial charge is 0.188 e. The van der Waals surface area contributed by atoms with Crippen LogP contribution in [0.4, 0.5) is 0 Å². The molecular weight excluding hydrogens is 336 g/mol. The van der Waals surface area contributed by atoms with Crippen LogP contribution in [0.1, 0.15) is 22.8 Å². The van der Waals surface area contributed by atoms with Gasteiger partial charge in [-0.25, -0.2) is 0 Å². The Morgan fingerprint density at radius 1 is 1.17 bits per heavy atom. The SMILES string of the molecule is COCOc1c(C(C)=O)c(CO)cc2c(OC)cc(Cl)c(OC)c12. The van der Waals surface area contributed by atoms with Crippen LogP contribution in [0.15, 0.2) is 12.1 Å². The van der Waals surface area contributed by atoms with Gasteiger partial charge in [-0.15, -0.1) is 0 Å². The highest BCUT2D eigenvalue weighted by molar-refractivity contribution is 6.34. The molecule has 0 aromatic heterocycles. The summed E-state index contributed by atoms with van der Waals surface area (Å²) < 4.78 is 21.4. The fraction of sp³-hybridized carbons (Fsp3) is 0.353. The number of hydrogen-bond donors (Lipinski definition) is 1. The van der Waals surface area contributed by atoms with Crippen molar-refractivity contribution in [2.75, 3.05) is 28.1 Å². The average Bonchev–Trinajstić information content (AvgIpc) is 2.57. The summed E-state index contributed by atoms with van der Waals surface area (Å²) in [4.78, 5) is 12.2. The van der Waals surface area contributed by atoms with Crippen LogP contribution in [0.25, 0.3) is 10.8 Å². The van der Waals surface area contributed by atoms with Gasteiger partial charge in [0, 0.05) is 18.6 Å². The predicted molar refractivity (Wildman–Crippen MR) is 90.5 cm³/mol. The minimum atomic E-state index is -0.331. The lowest BCUT2D eigenvalue weighted by Crippen LogP contribution is -2.09. The maximum Gasteiger partial charge on any atom is 0.188 e. The van der Waals surface area contributed by atoms with Crippen molar-refractivity contribution >= 4 is 28.2 Å². The van der Waals surface area contributed by atoms with Crippen molar-refractivity contribution in [3.63, 3.8) is 0 Å². The Labute approximate surface area is 144 Å². The van der Waals surface area contributed by atoms with E-state index in [0.29, 0.717) is 32.9 Å². The first-order valence-electron chi connectivity index (χ1n) is 7.13. The Morgan fingerprint density at radius 3 is 2.38 bits per heavy atom. The molecule has 1 N–H and O–H groups in total. The van der Waals surface area contributed by atoms with Gasteiger partial charge in [-0.1, -0.05) is 11.6 Å². The van der Waals surface area contributed by atoms with Gasteiger partial charge in [0.1, 0.15) is 17.2 Å². The van der Waals surface area contributed by atoms with Gasteiger partial charge >= 0.3 is 0 Å². The molecule has 0 amide bonds. The van der Waals surface area contributed by atoms with Crippen LogP contribution in [0.3, 0.4) is 0 Å². The number of ketones is 1. The van der Waals surface area contributed by atoms with E-state index in [-0.39, 0.29) is 30.5 Å². The first kappa shape index (κ1) is 18.3. The van der Waals surface area contributed by atoms with Crippen LogP contribution in [-0.2, 0) is 11.3 Å². The van der Waals surface area contributed by atoms with Crippen molar-refractivity contribution in [1.82, 2.24) is 0 Å². The van der Waals surface area contributed by atoms with Crippen LogP contribution in [0.5, 0.6) is 17.2 Å². The number of fused-ring (bicyclic) bond motifs is 1. The Hall–Kier alpha value is -2.02. The third-order valence-corrected chi connectivity index (χ3v) is 3.88. The van der Waals surface area contributed by atoms with E-state index in [4.69, 9.17) is 30.5 Å². The molecular formula is C17H19ClO6. The summed E-state index contributed by atoms with van der Waals surface area (Å²) in [6.07, 6.45) is 0. The zero-order valence-corrected chi connectivity index (χ0v) is 14.7. The molecule has 0 fully saturated rings. The lowest BCUT2D eigenvalue weighted by atomic mass is 9.96. The van der Waals surface area contributed by atoms with E-state index in [0.717, 1.165) is 0 Å². The van der Waals surface area contributed by atoms with Crippen LogP contribution < -0.4 is 14.2 Å². The van der Waals surface area contributed by atoms with Crippen LogP contribution in [-0.4, -0.2) is 39.0 Å². The molecule has 0 radical (unpaired) electrons. The number of rotatable bonds is 7. The van der Waals surface area contributed by atoms with E-state index in [2.05, 4.69) is 0 Å². The van der Waals surface area contributed by atoms with E-state index < -0.39 is 0 Å². The molecule has 0 aliphatic rings. The van der Waals surface area contributed by atoms with Crippen molar-refractivity contribution < 1.29 is 28.8 Å². The Bertz CT molecular complexity index is 772. The molecule has 0 bridgehead atoms. The summed E-state index contributed by atoms with van der Waals surface area (Å²) in [6, 6.07) is 3.28. The van der Waals surface area contributed by atoms with Crippen molar-refractivity contribution in [2.45, 2.75) is 13.5 Å². The highest BCUT2D eigenvalue weighted by atomic mass is 35.5. The van der Waals surface area contributed by atoms with Gasteiger partial charge in [-0.3, -0.25) is 4.79 Å². The number of ether oxygens (including phenoxy) is 4. The van der Waals surface area contributed by atoms with Gasteiger partial charge in [0.25, 0.3) is 0 Å². The molecule has 0 atom stereocenters. The van der Waals surface area contributed by atoms with Crippen LogP contribution in [0.2, 0.25) is 5.02 Å². The molecule has 0 aliphatic heterocycles. The highest BCUT2D eigenvalue weighted by Crippen LogP contribution is 2.46. The molecule has 7 heteroatoms. The van der Waals surface area contributed by atoms with Gasteiger partial charge in [0.05, 0.1) is 36.8 Å². The van der Waals surface area contributed by atoms with Crippen molar-refractivity contribution in [3.8, 4) is 17.2 Å². The van der Waals surface area contributed by atoms with E-state index in [1.165, 1.54) is 28.3 Å². The Balaban J connectivity index is 3.02. The molecule has 24 heavy (non-hydrogen) atoms. The summed E-state index contributed by atoms with van der Waals surface area (Å²) in [5.41, 5.74) is 0.674. The van der Waals surface area contributed by atoms with Gasteiger partial charge in [-0.2, -0.15) is 0 Å². The molecule has 0 unspecified atom stereocenters. The minimum absolute atomic E-state index is 0.0811. The van der Waals surface area contributed by atoms with Gasteiger partial charge in [0.15, 0.2) is 12.6 Å². The molecule has 0 heterocycles. The second-order valence-electron chi connectivity index (χ2n) is 5.02. The number of benzene rings is 2. The minimum Gasteiger partial charge on any atom is -0.496 e.